The Hall–Kier alpha value is -3.52. The van der Waals surface area contributed by atoms with Gasteiger partial charge in [0.15, 0.2) is 5.72 Å². The monoisotopic (exact) mass is 674 g/mol. The molecule has 12 nitrogen and oxygen atoms in total. The number of hydrogen-bond acceptors (Lipinski definition) is 7. The minimum atomic E-state index is -4.17. The number of carbonyl (C=O) groups is 3. The predicted molar refractivity (Wildman–Crippen MR) is 178 cm³/mol. The van der Waals surface area contributed by atoms with Crippen molar-refractivity contribution < 1.29 is 37.8 Å². The molecule has 0 bridgehead atoms. The molecule has 260 valence electrons. The molecule has 2 unspecified atom stereocenters. The van der Waals surface area contributed by atoms with Crippen LogP contribution >= 0.6 is 0 Å². The van der Waals surface area contributed by atoms with Crippen LogP contribution in [0.4, 0.5) is 4.79 Å². The van der Waals surface area contributed by atoms with Crippen molar-refractivity contribution in [3.63, 3.8) is 0 Å². The van der Waals surface area contributed by atoms with Crippen LogP contribution in [0.5, 0.6) is 0 Å². The van der Waals surface area contributed by atoms with Gasteiger partial charge in [-0.25, -0.2) is 4.79 Å². The van der Waals surface area contributed by atoms with E-state index in [-0.39, 0.29) is 70.2 Å². The van der Waals surface area contributed by atoms with Crippen LogP contribution in [-0.2, 0) is 36.9 Å². The summed E-state index contributed by atoms with van der Waals surface area (Å²) in [6, 6.07) is 17.9. The molecule has 1 aliphatic rings. The van der Waals surface area contributed by atoms with Gasteiger partial charge in [-0.3, -0.25) is 9.59 Å². The van der Waals surface area contributed by atoms with Crippen molar-refractivity contribution >= 4 is 28.2 Å². The lowest BCUT2D eigenvalue weighted by molar-refractivity contribution is -0.143. The fourth-order valence-electron chi connectivity index (χ4n) is 5.61. The molecule has 0 radical (unpaired) electrons. The number of aliphatic carboxylic acids is 1. The Kier molecular flexibility index (Phi) is 14.2. The van der Waals surface area contributed by atoms with Gasteiger partial charge in [-0.15, -0.1) is 0 Å². The van der Waals surface area contributed by atoms with Crippen LogP contribution in [0.25, 0.3) is 0 Å². The van der Waals surface area contributed by atoms with E-state index >= 15 is 0 Å². The van der Waals surface area contributed by atoms with E-state index in [4.69, 9.17) is 4.74 Å². The summed E-state index contributed by atoms with van der Waals surface area (Å²) in [4.78, 5) is 37.4. The first-order valence-corrected chi connectivity index (χ1v) is 17.7. The van der Waals surface area contributed by atoms with E-state index in [0.717, 1.165) is 5.56 Å². The van der Waals surface area contributed by atoms with Crippen LogP contribution in [0.15, 0.2) is 60.7 Å². The third kappa shape index (κ3) is 11.9. The molecule has 0 aliphatic heterocycles. The Morgan fingerprint density at radius 3 is 2.19 bits per heavy atom. The van der Waals surface area contributed by atoms with Gasteiger partial charge in [0.2, 0.25) is 5.91 Å². The third-order valence-corrected chi connectivity index (χ3v) is 10.1. The van der Waals surface area contributed by atoms with Crippen LogP contribution in [0, 0.1) is 11.8 Å². The highest BCUT2D eigenvalue weighted by atomic mass is 32.2. The average molecular weight is 675 g/mol. The smallest absolute Gasteiger partial charge is 0.407 e. The van der Waals surface area contributed by atoms with Crippen molar-refractivity contribution in [3.8, 4) is 0 Å². The second-order valence-electron chi connectivity index (χ2n) is 12.9. The van der Waals surface area contributed by atoms with Gasteiger partial charge < -0.3 is 25.6 Å². The average Bonchev–Trinajstić information content (AvgIpc) is 3.50. The summed E-state index contributed by atoms with van der Waals surface area (Å²) in [6.07, 6.45) is 1.83. The molecular formula is C34H50N4O8S. The van der Waals surface area contributed by atoms with E-state index in [0.29, 0.717) is 24.8 Å². The molecule has 0 saturated heterocycles. The molecule has 1 saturated carbocycles. The number of rotatable bonds is 19. The van der Waals surface area contributed by atoms with Gasteiger partial charge >= 0.3 is 12.1 Å². The highest BCUT2D eigenvalue weighted by molar-refractivity contribution is 7.87. The second-order valence-corrected chi connectivity index (χ2v) is 14.6. The SMILES string of the molecule is CC(C)CCN(CCCC(O)(NC(=O)CC(C)CNC(=O)OCc1ccccc1)c1ccccc1)S(=O)(=O)NC1(C(=O)O)CCCC1. The molecule has 0 heterocycles. The van der Waals surface area contributed by atoms with Gasteiger partial charge in [-0.05, 0) is 43.1 Å². The topological polar surface area (TPSA) is 174 Å². The molecule has 3 rings (SSSR count). The minimum absolute atomic E-state index is 0.00102. The fraction of sp³-hybridized carbons (Fsp3) is 0.559. The molecule has 13 heteroatoms. The summed E-state index contributed by atoms with van der Waals surface area (Å²) in [5.41, 5.74) is -2.04. The molecule has 1 aliphatic carbocycles. The van der Waals surface area contributed by atoms with Gasteiger partial charge in [0.1, 0.15) is 12.1 Å². The number of benzene rings is 2. The number of ether oxygens (including phenoxy) is 1. The van der Waals surface area contributed by atoms with Crippen molar-refractivity contribution in [2.75, 3.05) is 19.6 Å². The number of nitrogens with one attached hydrogen (secondary N) is 3. The standard InChI is InChI=1S/C34H50N4O8S/c1-26(2)17-22-38(47(44,45)37-33(31(40)41)18-10-11-19-33)21-12-20-34(43,29-15-8-5-9-16-29)36-30(39)23-27(3)24-35-32(42)46-25-28-13-6-4-7-14-28/h4-9,13-16,26-27,37,43H,10-12,17-25H2,1-3H3,(H,35,42)(H,36,39)(H,40,41). The summed E-state index contributed by atoms with van der Waals surface area (Å²) in [5.74, 6) is -1.70. The maximum Gasteiger partial charge on any atom is 0.407 e. The maximum absolute atomic E-state index is 13.5. The molecule has 47 heavy (non-hydrogen) atoms. The van der Waals surface area contributed by atoms with Crippen molar-refractivity contribution in [1.82, 2.24) is 19.7 Å². The molecule has 0 spiro atoms. The number of aliphatic hydroxyl groups is 1. The van der Waals surface area contributed by atoms with Crippen LogP contribution in [-0.4, -0.2) is 66.1 Å². The zero-order chi connectivity index (χ0) is 34.5. The van der Waals surface area contributed by atoms with Crippen molar-refractivity contribution in [2.24, 2.45) is 11.8 Å². The Balaban J connectivity index is 1.62. The lowest BCUT2D eigenvalue weighted by Gasteiger charge is -2.33. The fourth-order valence-corrected chi connectivity index (χ4v) is 7.24. The quantitative estimate of drug-likeness (QED) is 0.137. The first-order chi connectivity index (χ1) is 22.2. The third-order valence-electron chi connectivity index (χ3n) is 8.37. The van der Waals surface area contributed by atoms with Crippen LogP contribution in [0.2, 0.25) is 0 Å². The highest BCUT2D eigenvalue weighted by Crippen LogP contribution is 2.31. The molecular weight excluding hydrogens is 624 g/mol. The van der Waals surface area contributed by atoms with Crippen molar-refractivity contribution in [2.45, 2.75) is 90.0 Å². The zero-order valence-electron chi connectivity index (χ0n) is 27.6. The number of nitrogens with zero attached hydrogens (tertiary/aromatic N) is 1. The van der Waals surface area contributed by atoms with Crippen LogP contribution in [0.1, 0.15) is 83.3 Å². The number of amides is 2. The predicted octanol–water partition coefficient (Wildman–Crippen LogP) is 4.26. The number of carboxylic acid groups (broad SMARTS) is 1. The molecule has 0 aromatic heterocycles. The Morgan fingerprint density at radius 2 is 1.60 bits per heavy atom. The molecule has 2 atom stereocenters. The second kappa shape index (κ2) is 17.6. The summed E-state index contributed by atoms with van der Waals surface area (Å²) in [5, 5.41) is 27.0. The Bertz CT molecular complexity index is 1400. The van der Waals surface area contributed by atoms with Gasteiger partial charge in [-0.1, -0.05) is 94.3 Å². The minimum Gasteiger partial charge on any atom is -0.480 e. The summed E-state index contributed by atoms with van der Waals surface area (Å²) in [7, 11) is -4.17. The van der Waals surface area contributed by atoms with Crippen molar-refractivity contribution in [1.29, 1.82) is 0 Å². The largest absolute Gasteiger partial charge is 0.480 e. The zero-order valence-corrected chi connectivity index (χ0v) is 28.4. The number of alkyl carbamates (subject to hydrolysis) is 1. The van der Waals surface area contributed by atoms with Gasteiger partial charge in [0, 0.05) is 38.0 Å². The summed E-state index contributed by atoms with van der Waals surface area (Å²) >= 11 is 0. The van der Waals surface area contributed by atoms with Crippen molar-refractivity contribution in [3.05, 3.63) is 71.8 Å². The van der Waals surface area contributed by atoms with E-state index in [1.54, 1.807) is 37.3 Å². The number of carbonyl (C=O) groups excluding carboxylic acids is 2. The molecule has 2 amide bonds. The molecule has 2 aromatic rings. The normalized spacial score (nSPS) is 16.4. The maximum atomic E-state index is 13.5. The molecule has 1 fully saturated rings. The van der Waals surface area contributed by atoms with E-state index < -0.39 is 39.4 Å². The van der Waals surface area contributed by atoms with E-state index in [2.05, 4.69) is 15.4 Å². The van der Waals surface area contributed by atoms with Gasteiger partial charge in [-0.2, -0.15) is 17.4 Å². The van der Waals surface area contributed by atoms with Crippen LogP contribution in [0.3, 0.4) is 0 Å². The van der Waals surface area contributed by atoms with Gasteiger partial charge in [0.25, 0.3) is 10.2 Å². The number of carboxylic acids is 1. The van der Waals surface area contributed by atoms with E-state index in [9.17, 15) is 33.0 Å². The summed E-state index contributed by atoms with van der Waals surface area (Å²) in [6.45, 7) is 6.23. The Morgan fingerprint density at radius 1 is 0.979 bits per heavy atom. The number of hydrogen-bond donors (Lipinski definition) is 5. The first-order valence-electron chi connectivity index (χ1n) is 16.3. The first kappa shape index (κ1) is 37.9. The lowest BCUT2D eigenvalue weighted by Crippen LogP contribution is -2.57. The lowest BCUT2D eigenvalue weighted by atomic mass is 9.96. The summed E-state index contributed by atoms with van der Waals surface area (Å²) < 4.78 is 36.0. The molecule has 5 N–H and O–H groups in total. The van der Waals surface area contributed by atoms with Crippen LogP contribution < -0.4 is 15.4 Å². The highest BCUT2D eigenvalue weighted by Gasteiger charge is 2.45. The van der Waals surface area contributed by atoms with Gasteiger partial charge in [0.05, 0.1) is 0 Å². The Labute approximate surface area is 278 Å². The van der Waals surface area contributed by atoms with E-state index in [1.165, 1.54) is 4.31 Å². The molecule has 2 aromatic carbocycles. The van der Waals surface area contributed by atoms with E-state index in [1.807, 2.05) is 44.2 Å².